The van der Waals surface area contributed by atoms with Crippen molar-refractivity contribution in [3.63, 3.8) is 0 Å². The lowest BCUT2D eigenvalue weighted by Crippen LogP contribution is -2.56. The maximum atomic E-state index is 13.2. The number of morpholine rings is 1. The van der Waals surface area contributed by atoms with Gasteiger partial charge in [0, 0.05) is 37.2 Å². The summed E-state index contributed by atoms with van der Waals surface area (Å²) in [5.41, 5.74) is 3.65. The molecule has 2 atom stereocenters. The first-order valence-electron chi connectivity index (χ1n) is 12.2. The van der Waals surface area contributed by atoms with E-state index in [-0.39, 0.29) is 30.0 Å². The average molecular weight is 473 g/mol. The van der Waals surface area contributed by atoms with Gasteiger partial charge in [0.2, 0.25) is 19.8 Å². The normalized spacial score (nSPS) is 23.0. The number of ether oxygens (including phenoxy) is 2. The number of piperidine rings is 1. The topological polar surface area (TPSA) is 79.4 Å². The molecule has 8 nitrogen and oxygen atoms in total. The maximum absolute atomic E-state index is 13.2. The van der Waals surface area contributed by atoms with Crippen LogP contribution in [-0.4, -0.2) is 80.5 Å². The van der Waals surface area contributed by atoms with Gasteiger partial charge in [-0.25, -0.2) is 0 Å². The molecule has 0 N–H and O–H groups in total. The first-order valence-corrected chi connectivity index (χ1v) is 12.2. The van der Waals surface area contributed by atoms with Gasteiger partial charge in [-0.3, -0.25) is 19.3 Å². The minimum atomic E-state index is -0.649. The minimum Gasteiger partial charge on any atom is -0.489 e. The second kappa shape index (κ2) is 9.87. The van der Waals surface area contributed by atoms with Gasteiger partial charge < -0.3 is 19.2 Å². The average Bonchev–Trinajstić information content (AvgIpc) is 3.19. The first-order chi connectivity index (χ1) is 16.9. The van der Waals surface area contributed by atoms with Crippen LogP contribution in [0.2, 0.25) is 5.82 Å². The van der Waals surface area contributed by atoms with Crippen LogP contribution >= 0.6 is 0 Å². The van der Waals surface area contributed by atoms with Crippen LogP contribution in [0.5, 0.6) is 5.75 Å². The Kier molecular flexibility index (Phi) is 6.67. The molecule has 0 saturated carbocycles. The molecule has 180 valence electrons. The summed E-state index contributed by atoms with van der Waals surface area (Å²) in [5.74, 6) is -0.302. The van der Waals surface area contributed by atoms with Crippen molar-refractivity contribution in [1.82, 2.24) is 14.6 Å². The maximum Gasteiger partial charge on any atom is 0.255 e. The summed E-state index contributed by atoms with van der Waals surface area (Å²) in [6.45, 7) is 5.08. The molecule has 2 saturated heterocycles. The number of benzene rings is 2. The Bertz CT molecular complexity index is 1140. The predicted octanol–water partition coefficient (Wildman–Crippen LogP) is 0.151. The van der Waals surface area contributed by atoms with E-state index in [4.69, 9.17) is 9.47 Å². The number of carbonyl (C=O) groups is 3. The van der Waals surface area contributed by atoms with E-state index in [2.05, 4.69) is 29.2 Å². The molecule has 3 aliphatic heterocycles. The van der Waals surface area contributed by atoms with Crippen LogP contribution in [0.4, 0.5) is 0 Å². The SMILES string of the molecule is BC1CC(=O)N(B)C(=O)C1N1Cc2c(OCc3ccc(CN4CCOCC4)cc3)cccc2C1=O. The molecular formula is C25H29B2N3O5. The fourth-order valence-corrected chi connectivity index (χ4v) is 5.13. The third-order valence-electron chi connectivity index (χ3n) is 7.21. The van der Waals surface area contributed by atoms with Crippen molar-refractivity contribution in [1.29, 1.82) is 0 Å². The van der Waals surface area contributed by atoms with Crippen LogP contribution in [0, 0.1) is 0 Å². The highest BCUT2D eigenvalue weighted by molar-refractivity contribution is 6.30. The van der Waals surface area contributed by atoms with E-state index < -0.39 is 6.04 Å². The molecule has 0 aliphatic carbocycles. The van der Waals surface area contributed by atoms with Gasteiger partial charge in [0.05, 0.1) is 19.8 Å². The molecule has 5 rings (SSSR count). The minimum absolute atomic E-state index is 0.189. The Labute approximate surface area is 207 Å². The number of rotatable bonds is 6. The number of hydrogen-bond donors (Lipinski definition) is 0. The van der Waals surface area contributed by atoms with Gasteiger partial charge in [0.1, 0.15) is 26.2 Å². The van der Waals surface area contributed by atoms with Gasteiger partial charge in [-0.15, -0.1) is 0 Å². The van der Waals surface area contributed by atoms with Crippen LogP contribution < -0.4 is 4.74 Å². The zero-order valence-electron chi connectivity index (χ0n) is 20.2. The third kappa shape index (κ3) is 4.73. The Morgan fingerprint density at radius 2 is 1.71 bits per heavy atom. The van der Waals surface area contributed by atoms with E-state index in [1.807, 2.05) is 20.0 Å². The number of amides is 3. The Balaban J connectivity index is 1.26. The fraction of sp³-hybridized carbons (Fsp3) is 0.400. The van der Waals surface area contributed by atoms with Crippen molar-refractivity contribution in [3.8, 4) is 5.75 Å². The van der Waals surface area contributed by atoms with Crippen LogP contribution in [0.1, 0.15) is 33.5 Å². The molecule has 10 heteroatoms. The Hall–Kier alpha value is -3.10. The fourth-order valence-electron chi connectivity index (χ4n) is 5.13. The third-order valence-corrected chi connectivity index (χ3v) is 7.21. The smallest absolute Gasteiger partial charge is 0.255 e. The van der Waals surface area contributed by atoms with Crippen LogP contribution in [0.3, 0.4) is 0 Å². The quantitative estimate of drug-likeness (QED) is 0.440. The van der Waals surface area contributed by atoms with E-state index in [9.17, 15) is 14.4 Å². The number of nitrogens with zero attached hydrogens (tertiary/aromatic N) is 3. The molecule has 35 heavy (non-hydrogen) atoms. The van der Waals surface area contributed by atoms with Gasteiger partial charge in [0.15, 0.2) is 0 Å². The van der Waals surface area contributed by atoms with Gasteiger partial charge >= 0.3 is 0 Å². The van der Waals surface area contributed by atoms with E-state index in [0.717, 1.165) is 48.8 Å². The standard InChI is InChI=1S/C25H29B2N3O5/c26-20-12-22(31)30(27)25(33)23(20)29-14-19-18(24(29)32)2-1-3-21(19)35-15-17-6-4-16(5-7-17)13-28-8-10-34-11-9-28/h1-7,20,23H,8-15,26-27H2. The van der Waals surface area contributed by atoms with Crippen molar-refractivity contribution in [2.24, 2.45) is 0 Å². The molecule has 3 aliphatic rings. The summed E-state index contributed by atoms with van der Waals surface area (Å²) in [5, 5.41) is 0. The van der Waals surface area contributed by atoms with Crippen LogP contribution in [0.25, 0.3) is 0 Å². The molecule has 0 spiro atoms. The van der Waals surface area contributed by atoms with Gasteiger partial charge in [-0.2, -0.15) is 0 Å². The van der Waals surface area contributed by atoms with Crippen molar-refractivity contribution >= 4 is 33.5 Å². The van der Waals surface area contributed by atoms with Crippen molar-refractivity contribution in [3.05, 3.63) is 64.7 Å². The monoisotopic (exact) mass is 473 g/mol. The molecular weight excluding hydrogens is 444 g/mol. The summed E-state index contributed by atoms with van der Waals surface area (Å²) in [4.78, 5) is 43.2. The lowest BCUT2D eigenvalue weighted by molar-refractivity contribution is -0.145. The van der Waals surface area contributed by atoms with Crippen LogP contribution in [-0.2, 0) is 34.0 Å². The van der Waals surface area contributed by atoms with Gasteiger partial charge in [0.25, 0.3) is 5.91 Å². The highest BCUT2D eigenvalue weighted by atomic mass is 16.5. The van der Waals surface area contributed by atoms with Gasteiger partial charge in [-0.1, -0.05) is 30.3 Å². The van der Waals surface area contributed by atoms with Gasteiger partial charge in [-0.05, 0) is 29.1 Å². The Morgan fingerprint density at radius 1 is 1.00 bits per heavy atom. The zero-order valence-corrected chi connectivity index (χ0v) is 20.2. The summed E-state index contributed by atoms with van der Waals surface area (Å²) in [7, 11) is 3.34. The molecule has 2 aromatic rings. The summed E-state index contributed by atoms with van der Waals surface area (Å²) < 4.78 is 11.6. The molecule has 3 amide bonds. The highest BCUT2D eigenvalue weighted by Crippen LogP contribution is 2.36. The number of imide groups is 1. The molecule has 2 aromatic carbocycles. The molecule has 0 bridgehead atoms. The van der Waals surface area contributed by atoms with Crippen molar-refractivity contribution in [2.75, 3.05) is 26.3 Å². The van der Waals surface area contributed by atoms with E-state index in [0.29, 0.717) is 24.5 Å². The molecule has 0 radical (unpaired) electrons. The van der Waals surface area contributed by atoms with Crippen molar-refractivity contribution in [2.45, 2.75) is 38.0 Å². The second-order valence-electron chi connectivity index (χ2n) is 9.63. The zero-order chi connectivity index (χ0) is 24.5. The second-order valence-corrected chi connectivity index (χ2v) is 9.63. The largest absolute Gasteiger partial charge is 0.489 e. The molecule has 0 aromatic heterocycles. The summed E-state index contributed by atoms with van der Waals surface area (Å²) in [6, 6.07) is 13.2. The molecule has 2 fully saturated rings. The highest BCUT2D eigenvalue weighted by Gasteiger charge is 2.45. The van der Waals surface area contributed by atoms with Crippen LogP contribution in [0.15, 0.2) is 42.5 Å². The number of carbonyl (C=O) groups excluding carboxylic acids is 3. The van der Waals surface area contributed by atoms with E-state index in [1.54, 1.807) is 11.0 Å². The van der Waals surface area contributed by atoms with Crippen molar-refractivity contribution < 1.29 is 23.9 Å². The number of hydrogen-bond acceptors (Lipinski definition) is 6. The Morgan fingerprint density at radius 3 is 2.46 bits per heavy atom. The summed E-state index contributed by atoms with van der Waals surface area (Å²) in [6.07, 6.45) is 0.248. The molecule has 2 unspecified atom stereocenters. The first kappa shape index (κ1) is 23.6. The van der Waals surface area contributed by atoms with E-state index in [1.165, 1.54) is 13.5 Å². The number of fused-ring (bicyclic) bond motifs is 1. The predicted molar refractivity (Wildman–Crippen MR) is 134 cm³/mol. The van der Waals surface area contributed by atoms with E-state index >= 15 is 0 Å². The lowest BCUT2D eigenvalue weighted by Gasteiger charge is -2.38. The lowest BCUT2D eigenvalue weighted by atomic mass is 9.73. The molecule has 3 heterocycles. The summed E-state index contributed by atoms with van der Waals surface area (Å²) >= 11 is 0.